The molecule has 1 heterocycles. The van der Waals surface area contributed by atoms with Crippen LogP contribution in [0.1, 0.15) is 16.1 Å². The molecule has 0 radical (unpaired) electrons. The lowest BCUT2D eigenvalue weighted by atomic mass is 10.2. The third kappa shape index (κ3) is 5.42. The van der Waals surface area contributed by atoms with Crippen LogP contribution in [-0.4, -0.2) is 32.1 Å². The molecule has 0 bridgehead atoms. The maximum Gasteiger partial charge on any atom is 0.251 e. The van der Waals surface area contributed by atoms with Crippen molar-refractivity contribution >= 4 is 11.8 Å². The average Bonchev–Trinajstić information content (AvgIpc) is 3.16. The van der Waals surface area contributed by atoms with Gasteiger partial charge in [-0.15, -0.1) is 0 Å². The fraction of sp³-hybridized carbons (Fsp3) is 0.222. The molecule has 0 aliphatic carbocycles. The Hall–Kier alpha value is -3.22. The highest BCUT2D eigenvalue weighted by Gasteiger charge is 2.12. The second-order valence-electron chi connectivity index (χ2n) is 5.00. The van der Waals surface area contributed by atoms with Gasteiger partial charge in [0, 0.05) is 5.56 Å². The van der Waals surface area contributed by atoms with Crippen LogP contribution in [-0.2, 0) is 11.3 Å². The summed E-state index contributed by atoms with van der Waals surface area (Å²) in [6.07, 6.45) is 3.14. The first-order valence-electron chi connectivity index (χ1n) is 7.63. The number of nitrogens with one attached hydrogen (secondary N) is 2. The minimum Gasteiger partial charge on any atom is -0.493 e. The average molecular weight is 344 g/mol. The molecule has 0 saturated heterocycles. The molecule has 0 atom stereocenters. The van der Waals surface area contributed by atoms with Crippen LogP contribution >= 0.6 is 0 Å². The van der Waals surface area contributed by atoms with Crippen LogP contribution in [0.25, 0.3) is 0 Å². The lowest BCUT2D eigenvalue weighted by molar-refractivity contribution is -0.120. The first kappa shape index (κ1) is 18.1. The number of ether oxygens (including phenoxy) is 2. The second-order valence-corrected chi connectivity index (χ2v) is 5.00. The molecule has 7 heteroatoms. The van der Waals surface area contributed by atoms with E-state index in [9.17, 15) is 9.59 Å². The number of hydrogen-bond acceptors (Lipinski definition) is 5. The Balaban J connectivity index is 1.87. The van der Waals surface area contributed by atoms with E-state index >= 15 is 0 Å². The summed E-state index contributed by atoms with van der Waals surface area (Å²) in [5.41, 5.74) is 0.363. The van der Waals surface area contributed by atoms with E-state index in [0.29, 0.717) is 29.4 Å². The van der Waals surface area contributed by atoms with E-state index in [4.69, 9.17) is 13.9 Å². The van der Waals surface area contributed by atoms with Crippen LogP contribution in [0.15, 0.2) is 53.7 Å². The molecule has 0 fully saturated rings. The molecule has 1 aromatic heterocycles. The van der Waals surface area contributed by atoms with Crippen molar-refractivity contribution in [3.8, 4) is 11.5 Å². The van der Waals surface area contributed by atoms with Crippen molar-refractivity contribution in [2.75, 3.05) is 20.3 Å². The highest BCUT2D eigenvalue weighted by molar-refractivity contribution is 5.97. The third-order valence-corrected chi connectivity index (χ3v) is 3.23. The van der Waals surface area contributed by atoms with Gasteiger partial charge in [0.05, 0.1) is 26.5 Å². The Morgan fingerprint density at radius 3 is 2.76 bits per heavy atom. The zero-order chi connectivity index (χ0) is 18.1. The SMILES string of the molecule is C=CCOc1ccc(C(=O)NCC(=O)NCc2ccco2)cc1OC. The number of amides is 2. The Kier molecular flexibility index (Phi) is 6.65. The van der Waals surface area contributed by atoms with Gasteiger partial charge in [-0.1, -0.05) is 12.7 Å². The lowest BCUT2D eigenvalue weighted by Gasteiger charge is -2.11. The number of benzene rings is 1. The molecule has 2 rings (SSSR count). The Morgan fingerprint density at radius 2 is 2.08 bits per heavy atom. The smallest absolute Gasteiger partial charge is 0.251 e. The highest BCUT2D eigenvalue weighted by atomic mass is 16.5. The first-order valence-corrected chi connectivity index (χ1v) is 7.63. The number of methoxy groups -OCH3 is 1. The van der Waals surface area contributed by atoms with Gasteiger partial charge in [-0.2, -0.15) is 0 Å². The van der Waals surface area contributed by atoms with Crippen molar-refractivity contribution in [2.24, 2.45) is 0 Å². The normalized spacial score (nSPS) is 9.96. The fourth-order valence-corrected chi connectivity index (χ4v) is 2.00. The van der Waals surface area contributed by atoms with Crippen LogP contribution in [0.4, 0.5) is 0 Å². The minimum absolute atomic E-state index is 0.142. The van der Waals surface area contributed by atoms with Gasteiger partial charge in [0.25, 0.3) is 5.91 Å². The van der Waals surface area contributed by atoms with Crippen molar-refractivity contribution in [3.63, 3.8) is 0 Å². The van der Waals surface area contributed by atoms with Crippen LogP contribution in [0.3, 0.4) is 0 Å². The van der Waals surface area contributed by atoms with Gasteiger partial charge in [-0.05, 0) is 30.3 Å². The molecule has 7 nitrogen and oxygen atoms in total. The number of rotatable bonds is 9. The monoisotopic (exact) mass is 344 g/mol. The topological polar surface area (TPSA) is 89.8 Å². The second kappa shape index (κ2) is 9.17. The van der Waals surface area contributed by atoms with Crippen molar-refractivity contribution in [3.05, 3.63) is 60.6 Å². The zero-order valence-electron chi connectivity index (χ0n) is 13.9. The summed E-state index contributed by atoms with van der Waals surface area (Å²) in [7, 11) is 1.49. The van der Waals surface area contributed by atoms with Gasteiger partial charge in [0.15, 0.2) is 11.5 Å². The summed E-state index contributed by atoms with van der Waals surface area (Å²) in [6, 6.07) is 8.26. The summed E-state index contributed by atoms with van der Waals surface area (Å²) in [6.45, 7) is 4.03. The molecule has 1 aromatic carbocycles. The Labute approximate surface area is 145 Å². The largest absolute Gasteiger partial charge is 0.493 e. The van der Waals surface area contributed by atoms with Crippen LogP contribution in [0, 0.1) is 0 Å². The molecule has 132 valence electrons. The Morgan fingerprint density at radius 1 is 1.24 bits per heavy atom. The number of furan rings is 1. The van der Waals surface area contributed by atoms with E-state index in [1.165, 1.54) is 13.4 Å². The number of carbonyl (C=O) groups excluding carboxylic acids is 2. The molecular weight excluding hydrogens is 324 g/mol. The molecule has 0 spiro atoms. The molecular formula is C18H20N2O5. The van der Waals surface area contributed by atoms with E-state index in [0.717, 1.165) is 0 Å². The molecule has 2 N–H and O–H groups in total. The van der Waals surface area contributed by atoms with Gasteiger partial charge in [0.2, 0.25) is 5.91 Å². The summed E-state index contributed by atoms with van der Waals surface area (Å²) < 4.78 is 15.7. The van der Waals surface area contributed by atoms with Crippen molar-refractivity contribution in [2.45, 2.75) is 6.54 Å². The summed E-state index contributed by atoms with van der Waals surface area (Å²) in [5.74, 6) is 0.871. The summed E-state index contributed by atoms with van der Waals surface area (Å²) in [5, 5.41) is 5.19. The Bertz CT molecular complexity index is 725. The van der Waals surface area contributed by atoms with Gasteiger partial charge >= 0.3 is 0 Å². The fourth-order valence-electron chi connectivity index (χ4n) is 2.00. The van der Waals surface area contributed by atoms with E-state index < -0.39 is 0 Å². The van der Waals surface area contributed by atoms with Crippen molar-refractivity contribution < 1.29 is 23.5 Å². The highest BCUT2D eigenvalue weighted by Crippen LogP contribution is 2.28. The van der Waals surface area contributed by atoms with E-state index in [1.54, 1.807) is 36.4 Å². The van der Waals surface area contributed by atoms with Gasteiger partial charge < -0.3 is 24.5 Å². The van der Waals surface area contributed by atoms with Crippen LogP contribution < -0.4 is 20.1 Å². The third-order valence-electron chi connectivity index (χ3n) is 3.23. The van der Waals surface area contributed by atoms with E-state index in [1.807, 2.05) is 0 Å². The molecule has 0 saturated carbocycles. The van der Waals surface area contributed by atoms with Crippen molar-refractivity contribution in [1.29, 1.82) is 0 Å². The van der Waals surface area contributed by atoms with E-state index in [2.05, 4.69) is 17.2 Å². The number of carbonyl (C=O) groups is 2. The predicted molar refractivity (Wildman–Crippen MR) is 91.6 cm³/mol. The molecule has 2 aromatic rings. The molecule has 2 amide bonds. The molecule has 25 heavy (non-hydrogen) atoms. The van der Waals surface area contributed by atoms with Crippen LogP contribution in [0.5, 0.6) is 11.5 Å². The first-order chi connectivity index (χ1) is 12.1. The molecule has 0 unspecified atom stereocenters. The maximum atomic E-state index is 12.2. The van der Waals surface area contributed by atoms with E-state index in [-0.39, 0.29) is 24.9 Å². The van der Waals surface area contributed by atoms with Crippen LogP contribution in [0.2, 0.25) is 0 Å². The van der Waals surface area contributed by atoms with Gasteiger partial charge in [0.1, 0.15) is 12.4 Å². The van der Waals surface area contributed by atoms with Gasteiger partial charge in [-0.25, -0.2) is 0 Å². The standard InChI is InChI=1S/C18H20N2O5/c1-3-8-25-15-7-6-13(10-16(15)23-2)18(22)20-12-17(21)19-11-14-5-4-9-24-14/h3-7,9-10H,1,8,11-12H2,2H3,(H,19,21)(H,20,22). The van der Waals surface area contributed by atoms with Gasteiger partial charge in [-0.3, -0.25) is 9.59 Å². The lowest BCUT2D eigenvalue weighted by Crippen LogP contribution is -2.36. The van der Waals surface area contributed by atoms with Crippen molar-refractivity contribution in [1.82, 2.24) is 10.6 Å². The summed E-state index contributed by atoms with van der Waals surface area (Å²) >= 11 is 0. The molecule has 0 aliphatic rings. The minimum atomic E-state index is -0.387. The maximum absolute atomic E-state index is 12.2. The quantitative estimate of drug-likeness (QED) is 0.678. The summed E-state index contributed by atoms with van der Waals surface area (Å²) in [4.78, 5) is 23.9. The zero-order valence-corrected chi connectivity index (χ0v) is 13.9. The number of hydrogen-bond donors (Lipinski definition) is 2. The molecule has 0 aliphatic heterocycles. The predicted octanol–water partition coefficient (Wildman–Crippen LogP) is 1.90.